The third-order valence-electron chi connectivity index (χ3n) is 10.3. The second kappa shape index (κ2) is 8.80. The number of nitrogens with zero attached hydrogens (tertiary/aromatic N) is 3. The normalized spacial score (nSPS) is 13.5. The lowest BCUT2D eigenvalue weighted by atomic mass is 9.33. The first kappa shape index (κ1) is 24.3. The Kier molecular flexibility index (Phi) is 4.66. The number of anilines is 6. The van der Waals surface area contributed by atoms with Crippen molar-refractivity contribution < 1.29 is 0 Å². The second-order valence-electron chi connectivity index (χ2n) is 12.5. The summed E-state index contributed by atoms with van der Waals surface area (Å²) in [5.74, 6) is 0. The van der Waals surface area contributed by atoms with Crippen molar-refractivity contribution in [3.8, 4) is 0 Å². The van der Waals surface area contributed by atoms with E-state index in [1.807, 2.05) is 0 Å². The van der Waals surface area contributed by atoms with E-state index in [1.54, 1.807) is 0 Å². The van der Waals surface area contributed by atoms with Crippen LogP contribution in [0.4, 0.5) is 34.1 Å². The Balaban J connectivity index is 1.36. The molecule has 11 rings (SSSR count). The van der Waals surface area contributed by atoms with Crippen LogP contribution in [-0.2, 0) is 0 Å². The molecule has 0 fully saturated rings. The van der Waals surface area contributed by atoms with Crippen LogP contribution in [0.5, 0.6) is 0 Å². The molecule has 0 radical (unpaired) electrons. The molecule has 0 bridgehead atoms. The van der Waals surface area contributed by atoms with Crippen LogP contribution in [0.25, 0.3) is 38.1 Å². The van der Waals surface area contributed by atoms with Gasteiger partial charge in [-0.25, -0.2) is 0 Å². The molecule has 2 aromatic heterocycles. The largest absolute Gasteiger partial charge is 0.311 e. The number of para-hydroxylation sites is 5. The molecule has 7 aromatic carbocycles. The van der Waals surface area contributed by atoms with Gasteiger partial charge in [0.1, 0.15) is 0 Å². The van der Waals surface area contributed by atoms with Crippen molar-refractivity contribution in [3.05, 3.63) is 158 Å². The zero-order valence-electron chi connectivity index (χ0n) is 24.9. The van der Waals surface area contributed by atoms with E-state index in [2.05, 4.69) is 172 Å². The summed E-state index contributed by atoms with van der Waals surface area (Å²) in [6.45, 7) is 0.0535. The summed E-state index contributed by atoms with van der Waals surface area (Å²) in [7, 11) is 0. The maximum Gasteiger partial charge on any atom is 0.254 e. The highest BCUT2D eigenvalue weighted by molar-refractivity contribution is 7.01. The Hall–Kier alpha value is -6.00. The van der Waals surface area contributed by atoms with Gasteiger partial charge in [0.05, 0.1) is 16.6 Å². The lowest BCUT2D eigenvalue weighted by Crippen LogP contribution is -2.61. The van der Waals surface area contributed by atoms with Gasteiger partial charge < -0.3 is 14.2 Å². The number of benzene rings is 7. The van der Waals surface area contributed by atoms with Crippen molar-refractivity contribution >= 4 is 95.3 Å². The number of fused-ring (bicyclic) bond motifs is 11. The minimum atomic E-state index is 0.0535. The standard InChI is InChI=1S/C42H26BN3/c1-3-13-27(14-4-1)44-35-22-10-8-20-33(35)43-39-36(44)23-12-24-37(39)45(28-15-5-2-6-16-28)38-26-25-32-31-19-11-18-30-29-17-7-9-21-34(29)46(41(30)31)42(32)40(38)43/h1-26H. The van der Waals surface area contributed by atoms with Gasteiger partial charge in [-0.15, -0.1) is 0 Å². The summed E-state index contributed by atoms with van der Waals surface area (Å²) < 4.78 is 2.57. The topological polar surface area (TPSA) is 10.9 Å². The average Bonchev–Trinajstić information content (AvgIpc) is 3.65. The molecule has 212 valence electrons. The van der Waals surface area contributed by atoms with Crippen molar-refractivity contribution in [3.63, 3.8) is 0 Å². The summed E-state index contributed by atoms with van der Waals surface area (Å²) in [5, 5.41) is 5.24. The molecular weight excluding hydrogens is 557 g/mol. The van der Waals surface area contributed by atoms with Crippen molar-refractivity contribution in [1.82, 2.24) is 4.40 Å². The van der Waals surface area contributed by atoms with E-state index in [-0.39, 0.29) is 6.71 Å². The average molecular weight is 584 g/mol. The fourth-order valence-corrected chi connectivity index (χ4v) is 8.59. The van der Waals surface area contributed by atoms with Crippen LogP contribution in [0, 0.1) is 0 Å². The van der Waals surface area contributed by atoms with Crippen LogP contribution in [-0.4, -0.2) is 11.1 Å². The van der Waals surface area contributed by atoms with Crippen LogP contribution >= 0.6 is 0 Å². The van der Waals surface area contributed by atoms with E-state index in [1.165, 1.54) is 88.6 Å². The Labute approximate surface area is 266 Å². The summed E-state index contributed by atoms with van der Waals surface area (Å²) in [6, 6.07) is 58.0. The number of hydrogen-bond donors (Lipinski definition) is 0. The van der Waals surface area contributed by atoms with E-state index >= 15 is 0 Å². The third-order valence-corrected chi connectivity index (χ3v) is 10.3. The van der Waals surface area contributed by atoms with Gasteiger partial charge in [-0.3, -0.25) is 0 Å². The Morgan fingerprint density at radius 2 is 0.870 bits per heavy atom. The first-order valence-corrected chi connectivity index (χ1v) is 16.0. The molecule has 2 aliphatic rings. The predicted octanol–water partition coefficient (Wildman–Crippen LogP) is 8.92. The molecule has 0 saturated heterocycles. The summed E-state index contributed by atoms with van der Waals surface area (Å²) in [4.78, 5) is 4.95. The second-order valence-corrected chi connectivity index (χ2v) is 12.5. The van der Waals surface area contributed by atoms with Crippen molar-refractivity contribution in [2.45, 2.75) is 0 Å². The molecule has 0 amide bonds. The van der Waals surface area contributed by atoms with Crippen molar-refractivity contribution in [2.24, 2.45) is 0 Å². The lowest BCUT2D eigenvalue weighted by molar-refractivity contribution is 1.25. The van der Waals surface area contributed by atoms with Gasteiger partial charge >= 0.3 is 0 Å². The number of aromatic nitrogens is 1. The Morgan fingerprint density at radius 3 is 1.63 bits per heavy atom. The molecule has 0 spiro atoms. The quantitative estimate of drug-likeness (QED) is 0.188. The molecule has 2 aliphatic heterocycles. The third kappa shape index (κ3) is 2.94. The fraction of sp³-hybridized carbons (Fsp3) is 0. The fourth-order valence-electron chi connectivity index (χ4n) is 8.59. The zero-order valence-corrected chi connectivity index (χ0v) is 24.9. The van der Waals surface area contributed by atoms with E-state index in [9.17, 15) is 0 Å². The summed E-state index contributed by atoms with van der Waals surface area (Å²) >= 11 is 0. The molecule has 0 atom stereocenters. The molecule has 0 saturated carbocycles. The lowest BCUT2D eigenvalue weighted by Gasteiger charge is -2.44. The highest BCUT2D eigenvalue weighted by Crippen LogP contribution is 2.46. The molecule has 0 N–H and O–H groups in total. The summed E-state index contributed by atoms with van der Waals surface area (Å²) in [6.07, 6.45) is 0. The van der Waals surface area contributed by atoms with Crippen LogP contribution < -0.4 is 26.2 Å². The number of hydrogen-bond acceptors (Lipinski definition) is 2. The summed E-state index contributed by atoms with van der Waals surface area (Å²) in [5.41, 5.74) is 15.2. The van der Waals surface area contributed by atoms with Gasteiger partial charge in [0.25, 0.3) is 6.71 Å². The van der Waals surface area contributed by atoms with Crippen LogP contribution in [0.1, 0.15) is 0 Å². The first-order chi connectivity index (χ1) is 22.9. The van der Waals surface area contributed by atoms with E-state index in [4.69, 9.17) is 0 Å². The maximum absolute atomic E-state index is 2.57. The molecule has 0 aliphatic carbocycles. The van der Waals surface area contributed by atoms with Crippen molar-refractivity contribution in [2.75, 3.05) is 9.80 Å². The van der Waals surface area contributed by atoms with Gasteiger partial charge in [-0.2, -0.15) is 0 Å². The Bertz CT molecular complexity index is 2650. The minimum Gasteiger partial charge on any atom is -0.311 e. The first-order valence-electron chi connectivity index (χ1n) is 16.0. The van der Waals surface area contributed by atoms with E-state index in [0.29, 0.717) is 0 Å². The highest BCUT2D eigenvalue weighted by Gasteiger charge is 2.44. The van der Waals surface area contributed by atoms with Crippen LogP contribution in [0.15, 0.2) is 158 Å². The predicted molar refractivity (Wildman–Crippen MR) is 195 cm³/mol. The van der Waals surface area contributed by atoms with Gasteiger partial charge in [0.15, 0.2) is 0 Å². The molecule has 0 unspecified atom stereocenters. The van der Waals surface area contributed by atoms with E-state index in [0.717, 1.165) is 0 Å². The maximum atomic E-state index is 2.57. The number of rotatable bonds is 2. The molecular formula is C42H26BN3. The van der Waals surface area contributed by atoms with Crippen molar-refractivity contribution in [1.29, 1.82) is 0 Å². The zero-order chi connectivity index (χ0) is 29.9. The smallest absolute Gasteiger partial charge is 0.254 e. The highest BCUT2D eigenvalue weighted by atomic mass is 15.2. The van der Waals surface area contributed by atoms with Gasteiger partial charge in [-0.05, 0) is 71.0 Å². The molecule has 4 heterocycles. The molecule has 4 heteroatoms. The molecule has 9 aromatic rings. The Morgan fingerprint density at radius 1 is 0.348 bits per heavy atom. The minimum absolute atomic E-state index is 0.0535. The monoisotopic (exact) mass is 583 g/mol. The van der Waals surface area contributed by atoms with Crippen LogP contribution in [0.2, 0.25) is 0 Å². The van der Waals surface area contributed by atoms with Crippen LogP contribution in [0.3, 0.4) is 0 Å². The van der Waals surface area contributed by atoms with E-state index < -0.39 is 0 Å². The SMILES string of the molecule is c1ccc(N2c3ccccc3B3c4c2cccc4N(c2ccccc2)c2ccc4c5cccc6c7ccccc7n(c4c23)c65)cc1. The van der Waals surface area contributed by atoms with Gasteiger partial charge in [-0.1, -0.05) is 103 Å². The molecule has 3 nitrogen and oxygen atoms in total. The molecule has 46 heavy (non-hydrogen) atoms. The van der Waals surface area contributed by atoms with Gasteiger partial charge in [0.2, 0.25) is 0 Å². The van der Waals surface area contributed by atoms with Gasteiger partial charge in [0, 0.05) is 55.7 Å².